The normalized spacial score (nSPS) is 15.1. The minimum absolute atomic E-state index is 0.00743. The fourth-order valence-corrected chi connectivity index (χ4v) is 3.93. The molecule has 1 saturated heterocycles. The van der Waals surface area contributed by atoms with Crippen LogP contribution in [0.1, 0.15) is 25.1 Å². The smallest absolute Gasteiger partial charge is 0.451 e. The first-order chi connectivity index (χ1) is 14.2. The topological polar surface area (TPSA) is 49.2 Å². The van der Waals surface area contributed by atoms with Crippen LogP contribution in [0.5, 0.6) is 5.75 Å². The minimum atomic E-state index is -4.91. The number of hydrogen-bond donors (Lipinski definition) is 1. The number of hydrogen-bond acceptors (Lipinski definition) is 4. The minimum Gasteiger partial charge on any atom is -0.507 e. The molecular formula is C20H15ClF5N3O. The molecule has 1 aromatic heterocycles. The third kappa shape index (κ3) is 3.51. The van der Waals surface area contributed by atoms with Crippen LogP contribution in [0, 0.1) is 11.6 Å². The average molecular weight is 444 g/mol. The molecule has 0 spiro atoms. The number of nitrogens with zero attached hydrogens (tertiary/aromatic N) is 3. The van der Waals surface area contributed by atoms with Gasteiger partial charge in [0.15, 0.2) is 5.82 Å². The van der Waals surface area contributed by atoms with Gasteiger partial charge >= 0.3 is 6.18 Å². The molecule has 1 fully saturated rings. The van der Waals surface area contributed by atoms with Crippen LogP contribution in [0.3, 0.4) is 0 Å². The van der Waals surface area contributed by atoms with Gasteiger partial charge < -0.3 is 10.0 Å². The van der Waals surface area contributed by atoms with Crippen molar-refractivity contribution >= 4 is 28.3 Å². The predicted molar refractivity (Wildman–Crippen MR) is 103 cm³/mol. The van der Waals surface area contributed by atoms with Gasteiger partial charge in [0.1, 0.15) is 22.9 Å². The summed E-state index contributed by atoms with van der Waals surface area (Å²) in [4.78, 5) is 8.68. The number of fused-ring (bicyclic) bond motifs is 1. The highest BCUT2D eigenvalue weighted by Gasteiger charge is 2.37. The quantitative estimate of drug-likeness (QED) is 0.498. The summed E-state index contributed by atoms with van der Waals surface area (Å²) in [6.07, 6.45) is -2.48. The van der Waals surface area contributed by atoms with Gasteiger partial charge in [0.05, 0.1) is 10.6 Å². The molecule has 1 aliphatic heterocycles. The van der Waals surface area contributed by atoms with Crippen LogP contribution in [-0.4, -0.2) is 28.2 Å². The van der Waals surface area contributed by atoms with Gasteiger partial charge in [-0.25, -0.2) is 18.7 Å². The highest BCUT2D eigenvalue weighted by atomic mass is 35.5. The number of phenolic OH excluding ortho intramolecular Hbond substituents is 1. The lowest BCUT2D eigenvalue weighted by molar-refractivity contribution is -0.144. The molecule has 4 rings (SSSR count). The summed E-state index contributed by atoms with van der Waals surface area (Å²) >= 11 is 6.21. The van der Waals surface area contributed by atoms with E-state index in [4.69, 9.17) is 11.6 Å². The Morgan fingerprint density at radius 3 is 2.33 bits per heavy atom. The third-order valence-electron chi connectivity index (χ3n) is 5.01. The second-order valence-electron chi connectivity index (χ2n) is 6.99. The van der Waals surface area contributed by atoms with Gasteiger partial charge in [-0.1, -0.05) is 17.7 Å². The van der Waals surface area contributed by atoms with E-state index in [9.17, 15) is 22.7 Å². The first-order valence-corrected chi connectivity index (χ1v) is 9.56. The average Bonchev–Trinajstić information content (AvgIpc) is 2.69. The highest BCUT2D eigenvalue weighted by Crippen LogP contribution is 2.43. The van der Waals surface area contributed by atoms with Gasteiger partial charge in [0, 0.05) is 24.0 Å². The summed E-state index contributed by atoms with van der Waals surface area (Å²) in [5.41, 5.74) is -1.75. The van der Waals surface area contributed by atoms with Gasteiger partial charge in [-0.3, -0.25) is 0 Å². The Hall–Kier alpha value is -2.68. The largest absolute Gasteiger partial charge is 0.507 e. The maximum atomic E-state index is 15.5. The number of halogens is 6. The second-order valence-corrected chi connectivity index (χ2v) is 7.40. The van der Waals surface area contributed by atoms with Crippen molar-refractivity contribution in [3.8, 4) is 16.9 Å². The van der Waals surface area contributed by atoms with E-state index in [1.165, 1.54) is 12.1 Å². The Bertz CT molecular complexity index is 1110. The summed E-state index contributed by atoms with van der Waals surface area (Å²) in [7, 11) is 0. The van der Waals surface area contributed by atoms with Gasteiger partial charge in [0.25, 0.3) is 0 Å². The van der Waals surface area contributed by atoms with Crippen LogP contribution < -0.4 is 4.90 Å². The van der Waals surface area contributed by atoms with Crippen LogP contribution in [0.4, 0.5) is 27.8 Å². The van der Waals surface area contributed by atoms with Crippen LogP contribution in [0.25, 0.3) is 22.0 Å². The fourth-order valence-electron chi connectivity index (χ4n) is 3.64. The van der Waals surface area contributed by atoms with E-state index >= 15 is 4.39 Å². The zero-order chi connectivity index (χ0) is 21.6. The molecule has 3 aromatic rings. The maximum Gasteiger partial charge on any atom is 0.451 e. The molecular weight excluding hydrogens is 429 g/mol. The van der Waals surface area contributed by atoms with E-state index in [0.717, 1.165) is 31.4 Å². The number of alkyl halides is 3. The van der Waals surface area contributed by atoms with Crippen molar-refractivity contribution < 1.29 is 27.1 Å². The molecule has 30 heavy (non-hydrogen) atoms. The standard InChI is InChI=1S/C20H15ClF5N3O/c21-11-9-10-17(16(23)14(11)15-12(22)5-4-6-13(15)30)27-19(20(24,25)26)28-18(10)29-7-2-1-3-8-29/h4-6,9,30H,1-3,7-8H2. The van der Waals surface area contributed by atoms with Crippen LogP contribution >= 0.6 is 11.6 Å². The molecule has 0 radical (unpaired) electrons. The highest BCUT2D eigenvalue weighted by molar-refractivity contribution is 6.34. The van der Waals surface area contributed by atoms with E-state index in [-0.39, 0.29) is 16.2 Å². The lowest BCUT2D eigenvalue weighted by Crippen LogP contribution is -2.31. The van der Waals surface area contributed by atoms with Gasteiger partial charge in [-0.15, -0.1) is 0 Å². The molecule has 158 valence electrons. The van der Waals surface area contributed by atoms with Crippen molar-refractivity contribution in [2.45, 2.75) is 25.4 Å². The first-order valence-electron chi connectivity index (χ1n) is 9.18. The Kier molecular flexibility index (Phi) is 5.17. The number of aromatic hydroxyl groups is 1. The molecule has 2 aromatic carbocycles. The van der Waals surface area contributed by atoms with E-state index in [2.05, 4.69) is 9.97 Å². The number of aromatic nitrogens is 2. The third-order valence-corrected chi connectivity index (χ3v) is 5.31. The van der Waals surface area contributed by atoms with Gasteiger partial charge in [-0.05, 0) is 37.5 Å². The number of piperidine rings is 1. The molecule has 0 aliphatic carbocycles. The molecule has 10 heteroatoms. The molecule has 0 bridgehead atoms. The predicted octanol–water partition coefficient (Wildman–Crippen LogP) is 5.94. The van der Waals surface area contributed by atoms with Crippen molar-refractivity contribution in [1.82, 2.24) is 9.97 Å². The van der Waals surface area contributed by atoms with Gasteiger partial charge in [0.2, 0.25) is 5.82 Å². The first kappa shape index (κ1) is 20.6. The van der Waals surface area contributed by atoms with E-state index in [0.29, 0.717) is 13.1 Å². The molecule has 1 N–H and O–H groups in total. The maximum absolute atomic E-state index is 15.5. The molecule has 0 saturated carbocycles. The molecule has 4 nitrogen and oxygen atoms in total. The van der Waals surface area contributed by atoms with Crippen LogP contribution in [0.2, 0.25) is 5.02 Å². The zero-order valence-corrected chi connectivity index (χ0v) is 16.2. The molecule has 0 amide bonds. The summed E-state index contributed by atoms with van der Waals surface area (Å²) in [5, 5.41) is 9.74. The second kappa shape index (κ2) is 7.54. The summed E-state index contributed by atoms with van der Waals surface area (Å²) in [6, 6.07) is 4.53. The zero-order valence-electron chi connectivity index (χ0n) is 15.4. The fraction of sp³-hybridized carbons (Fsp3) is 0.300. The Labute approximate surface area is 172 Å². The molecule has 2 heterocycles. The lowest BCUT2D eigenvalue weighted by atomic mass is 10.0. The Balaban J connectivity index is 2.05. The molecule has 0 atom stereocenters. The van der Waals surface area contributed by atoms with Crippen LogP contribution in [-0.2, 0) is 6.18 Å². The number of rotatable bonds is 2. The summed E-state index contributed by atoms with van der Waals surface area (Å²) in [6.45, 7) is 0.914. The van der Waals surface area contributed by atoms with Crippen molar-refractivity contribution in [3.63, 3.8) is 0 Å². The van der Waals surface area contributed by atoms with E-state index in [1.54, 1.807) is 4.90 Å². The number of phenols is 1. The van der Waals surface area contributed by atoms with E-state index in [1.807, 2.05) is 0 Å². The van der Waals surface area contributed by atoms with Gasteiger partial charge in [-0.2, -0.15) is 13.2 Å². The SMILES string of the molecule is Oc1cccc(F)c1-c1c(Cl)cc2c(N3CCCCC3)nc(C(F)(F)F)nc2c1F. The Morgan fingerprint density at radius 1 is 1.00 bits per heavy atom. The number of anilines is 1. The molecule has 1 aliphatic rings. The number of benzene rings is 2. The van der Waals surface area contributed by atoms with Crippen LogP contribution in [0.15, 0.2) is 24.3 Å². The summed E-state index contributed by atoms with van der Waals surface area (Å²) in [5.74, 6) is -4.41. The monoisotopic (exact) mass is 443 g/mol. The van der Waals surface area contributed by atoms with Crippen molar-refractivity contribution in [2.24, 2.45) is 0 Å². The van der Waals surface area contributed by atoms with E-state index < -0.39 is 46.0 Å². The van der Waals surface area contributed by atoms with Crippen molar-refractivity contribution in [1.29, 1.82) is 0 Å². The van der Waals surface area contributed by atoms with Crippen molar-refractivity contribution in [2.75, 3.05) is 18.0 Å². The van der Waals surface area contributed by atoms with Crippen molar-refractivity contribution in [3.05, 3.63) is 46.7 Å². The molecule has 0 unspecified atom stereocenters. The summed E-state index contributed by atoms with van der Waals surface area (Å²) < 4.78 is 70.1. The Morgan fingerprint density at radius 2 is 1.70 bits per heavy atom. The lowest BCUT2D eigenvalue weighted by Gasteiger charge is -2.29.